The molecule has 0 radical (unpaired) electrons. The molecule has 158 valence electrons. The number of amides is 3. The van der Waals surface area contributed by atoms with Crippen molar-refractivity contribution >= 4 is 17.6 Å². The van der Waals surface area contributed by atoms with Crippen LogP contribution in [0.1, 0.15) is 57.6 Å². The number of carbonyl (C=O) groups excluding carboxylic acids is 2. The summed E-state index contributed by atoms with van der Waals surface area (Å²) in [5, 5.41) is 2.56. The second kappa shape index (κ2) is 8.02. The van der Waals surface area contributed by atoms with E-state index in [1.165, 1.54) is 36.4 Å². The lowest BCUT2D eigenvalue weighted by Gasteiger charge is -2.23. The van der Waals surface area contributed by atoms with Crippen molar-refractivity contribution in [1.82, 2.24) is 15.3 Å². The number of nitrogens with one attached hydrogen (secondary N) is 1. The van der Waals surface area contributed by atoms with Gasteiger partial charge in [0, 0.05) is 0 Å². The number of hydrogen-bond acceptors (Lipinski definition) is 6. The lowest BCUT2D eigenvalue weighted by atomic mass is 9.91. The maximum Gasteiger partial charge on any atom is 0.329 e. The van der Waals surface area contributed by atoms with Crippen molar-refractivity contribution in [3.8, 4) is 11.8 Å². The van der Waals surface area contributed by atoms with Crippen LogP contribution in [0.5, 0.6) is 11.8 Å². The standard InChI is InChI=1S/C20H20N4O4.C2H6/c1-12-17(25)24(19(26)23-12)14-9-21-18(22-10-14)28-15-5-4-13-11-27-20(16(13)8-15)6-2-3-7-20;1-2/h4-5,8-10,12H,2-3,6-7,11H2,1H3,(H,23,26);1-2H3/t12-;/m0./s1. The molecule has 3 aliphatic rings. The number of aromatic nitrogens is 2. The highest BCUT2D eigenvalue weighted by molar-refractivity contribution is 6.21. The summed E-state index contributed by atoms with van der Waals surface area (Å²) in [7, 11) is 0. The van der Waals surface area contributed by atoms with Crippen molar-refractivity contribution in [2.24, 2.45) is 0 Å². The summed E-state index contributed by atoms with van der Waals surface area (Å²) in [4.78, 5) is 33.3. The average Bonchev–Trinajstić information content (AvgIpc) is 3.45. The number of hydrogen-bond donors (Lipinski definition) is 1. The second-order valence-corrected chi connectivity index (χ2v) is 7.48. The highest BCUT2D eigenvalue weighted by atomic mass is 16.5. The number of fused-ring (bicyclic) bond motifs is 2. The number of anilines is 1. The van der Waals surface area contributed by atoms with E-state index in [2.05, 4.69) is 15.3 Å². The zero-order chi connectivity index (χ0) is 21.3. The SMILES string of the molecule is CC.C[C@@H]1NC(=O)N(c2cnc(Oc3ccc4c(c3)C3(CCCC3)OC4)nc2)C1=O. The Morgan fingerprint density at radius 2 is 1.87 bits per heavy atom. The van der Waals surface area contributed by atoms with Crippen molar-refractivity contribution in [3.05, 3.63) is 41.7 Å². The fourth-order valence-corrected chi connectivity index (χ4v) is 4.26. The number of carbonyl (C=O) groups is 2. The second-order valence-electron chi connectivity index (χ2n) is 7.48. The Labute approximate surface area is 175 Å². The van der Waals surface area contributed by atoms with Crippen LogP contribution in [0.2, 0.25) is 0 Å². The van der Waals surface area contributed by atoms with Gasteiger partial charge in [0.15, 0.2) is 0 Å². The normalized spacial score (nSPS) is 21.3. The summed E-state index contributed by atoms with van der Waals surface area (Å²) in [5.41, 5.74) is 2.55. The van der Waals surface area contributed by atoms with Gasteiger partial charge >= 0.3 is 12.0 Å². The number of imide groups is 1. The van der Waals surface area contributed by atoms with Crippen LogP contribution in [0.15, 0.2) is 30.6 Å². The lowest BCUT2D eigenvalue weighted by Crippen LogP contribution is -2.31. The Balaban J connectivity index is 0.00000106. The molecular weight excluding hydrogens is 384 g/mol. The molecule has 8 nitrogen and oxygen atoms in total. The highest BCUT2D eigenvalue weighted by Crippen LogP contribution is 2.49. The van der Waals surface area contributed by atoms with Gasteiger partial charge in [0.05, 0.1) is 30.3 Å². The zero-order valence-electron chi connectivity index (χ0n) is 17.5. The molecular formula is C22H26N4O4. The largest absolute Gasteiger partial charge is 0.424 e. The Kier molecular flexibility index (Phi) is 5.42. The summed E-state index contributed by atoms with van der Waals surface area (Å²) in [6.07, 6.45) is 7.25. The molecule has 8 heteroatoms. The fourth-order valence-electron chi connectivity index (χ4n) is 4.26. The first-order valence-corrected chi connectivity index (χ1v) is 10.5. The van der Waals surface area contributed by atoms with Crippen molar-refractivity contribution < 1.29 is 19.1 Å². The first-order valence-electron chi connectivity index (χ1n) is 10.5. The van der Waals surface area contributed by atoms with Crippen LogP contribution in [0.4, 0.5) is 10.5 Å². The molecule has 0 unspecified atom stereocenters. The Morgan fingerprint density at radius 1 is 1.17 bits per heavy atom. The molecule has 3 amide bonds. The maximum absolute atomic E-state index is 12.1. The quantitative estimate of drug-likeness (QED) is 0.768. The van der Waals surface area contributed by atoms with Gasteiger partial charge in [-0.1, -0.05) is 32.8 Å². The van der Waals surface area contributed by atoms with Gasteiger partial charge in [-0.25, -0.2) is 19.7 Å². The molecule has 1 N–H and O–H groups in total. The minimum absolute atomic E-state index is 0.156. The van der Waals surface area contributed by atoms with Crippen LogP contribution < -0.4 is 15.0 Å². The topological polar surface area (TPSA) is 93.7 Å². The molecule has 1 saturated carbocycles. The maximum atomic E-state index is 12.1. The minimum Gasteiger partial charge on any atom is -0.424 e. The molecule has 1 aromatic carbocycles. The molecule has 2 aliphatic heterocycles. The molecule has 1 spiro atoms. The number of benzene rings is 1. The van der Waals surface area contributed by atoms with E-state index in [1.807, 2.05) is 32.0 Å². The molecule has 1 aromatic heterocycles. The van der Waals surface area contributed by atoms with Gasteiger partial charge < -0.3 is 14.8 Å². The van der Waals surface area contributed by atoms with Crippen LogP contribution in [-0.4, -0.2) is 27.9 Å². The average molecular weight is 410 g/mol. The van der Waals surface area contributed by atoms with Crippen LogP contribution in [0, 0.1) is 0 Å². The molecule has 1 atom stereocenters. The summed E-state index contributed by atoms with van der Waals surface area (Å²) < 4.78 is 11.9. The Morgan fingerprint density at radius 3 is 2.50 bits per heavy atom. The zero-order valence-corrected chi connectivity index (χ0v) is 17.5. The Hall–Kier alpha value is -3.00. The smallest absolute Gasteiger partial charge is 0.329 e. The Bertz CT molecular complexity index is 954. The third-order valence-electron chi connectivity index (χ3n) is 5.70. The van der Waals surface area contributed by atoms with Crippen LogP contribution in [0.3, 0.4) is 0 Å². The summed E-state index contributed by atoms with van der Waals surface area (Å²) >= 11 is 0. The van der Waals surface area contributed by atoms with Crippen molar-refractivity contribution in [2.75, 3.05) is 4.90 Å². The van der Waals surface area contributed by atoms with Gasteiger partial charge in [0.25, 0.3) is 5.91 Å². The van der Waals surface area contributed by atoms with Crippen molar-refractivity contribution in [3.63, 3.8) is 0 Å². The van der Waals surface area contributed by atoms with Gasteiger partial charge in [0.1, 0.15) is 11.8 Å². The summed E-state index contributed by atoms with van der Waals surface area (Å²) in [6.45, 7) is 6.28. The van der Waals surface area contributed by atoms with Crippen molar-refractivity contribution in [1.29, 1.82) is 0 Å². The highest BCUT2D eigenvalue weighted by Gasteiger charge is 2.42. The van der Waals surface area contributed by atoms with Gasteiger partial charge in [-0.3, -0.25) is 4.79 Å². The van der Waals surface area contributed by atoms with Crippen LogP contribution >= 0.6 is 0 Å². The van der Waals surface area contributed by atoms with Gasteiger partial charge in [-0.05, 0) is 43.0 Å². The van der Waals surface area contributed by atoms with E-state index in [4.69, 9.17) is 9.47 Å². The van der Waals surface area contributed by atoms with Crippen LogP contribution in [-0.2, 0) is 21.7 Å². The van der Waals surface area contributed by atoms with E-state index in [9.17, 15) is 9.59 Å². The predicted molar refractivity (Wildman–Crippen MR) is 110 cm³/mol. The molecule has 3 heterocycles. The number of rotatable bonds is 3. The lowest BCUT2D eigenvalue weighted by molar-refractivity contribution is -0.117. The number of ether oxygens (including phenoxy) is 2. The van der Waals surface area contributed by atoms with E-state index in [-0.39, 0.29) is 17.5 Å². The van der Waals surface area contributed by atoms with Gasteiger partial charge in [0.2, 0.25) is 0 Å². The summed E-state index contributed by atoms with van der Waals surface area (Å²) in [5.74, 6) is 0.314. The minimum atomic E-state index is -0.556. The van der Waals surface area contributed by atoms with E-state index >= 15 is 0 Å². The molecule has 30 heavy (non-hydrogen) atoms. The third kappa shape index (κ3) is 3.41. The fraction of sp³-hybridized carbons (Fsp3) is 0.455. The van der Waals surface area contributed by atoms with E-state index in [0.29, 0.717) is 18.0 Å². The first kappa shape index (κ1) is 20.3. The molecule has 5 rings (SSSR count). The summed E-state index contributed by atoms with van der Waals surface area (Å²) in [6, 6.07) is 5.05. The number of nitrogens with zero attached hydrogens (tertiary/aromatic N) is 3. The third-order valence-corrected chi connectivity index (χ3v) is 5.70. The van der Waals surface area contributed by atoms with Crippen molar-refractivity contribution in [2.45, 2.75) is 64.7 Å². The van der Waals surface area contributed by atoms with E-state index in [1.54, 1.807) is 6.92 Å². The first-order chi connectivity index (χ1) is 14.6. The molecule has 1 aliphatic carbocycles. The van der Waals surface area contributed by atoms with Crippen LogP contribution in [0.25, 0.3) is 0 Å². The molecule has 0 bridgehead atoms. The predicted octanol–water partition coefficient (Wildman–Crippen LogP) is 4.04. The number of urea groups is 1. The van der Waals surface area contributed by atoms with Gasteiger partial charge in [-0.15, -0.1) is 0 Å². The van der Waals surface area contributed by atoms with Gasteiger partial charge in [-0.2, -0.15) is 0 Å². The van der Waals surface area contributed by atoms with E-state index in [0.717, 1.165) is 17.7 Å². The molecule has 2 fully saturated rings. The van der Waals surface area contributed by atoms with E-state index < -0.39 is 12.1 Å². The molecule has 2 aromatic rings. The molecule has 1 saturated heterocycles. The monoisotopic (exact) mass is 410 g/mol.